The number of pyridine rings is 1. The fourth-order valence-electron chi connectivity index (χ4n) is 3.14. The number of carbonyl (C=O) groups excluding carboxylic acids is 1. The Bertz CT molecular complexity index is 1060. The highest BCUT2D eigenvalue weighted by Gasteiger charge is 2.16. The molecule has 0 saturated carbocycles. The monoisotopic (exact) mass is 524 g/mol. The number of benzene rings is 1. The molecule has 2 N–H and O–H groups in total. The van der Waals surface area contributed by atoms with Crippen molar-refractivity contribution in [1.82, 2.24) is 20.1 Å². The second kappa shape index (κ2) is 12.0. The summed E-state index contributed by atoms with van der Waals surface area (Å²) in [6.45, 7) is 5.62. The SMILES string of the molecule is O=C(Nc1ccc(NCCCN2CCOCC2)cc1)c1nnc(Sc2c(Cl)cncc2Cl)s1. The van der Waals surface area contributed by atoms with Crippen LogP contribution in [-0.4, -0.2) is 65.4 Å². The maximum Gasteiger partial charge on any atom is 0.286 e. The molecule has 8 nitrogen and oxygen atoms in total. The van der Waals surface area contributed by atoms with Gasteiger partial charge in [0.2, 0.25) is 5.01 Å². The standard InChI is InChI=1S/C21H22Cl2N6O2S2/c22-16-12-24-13-17(23)18(16)32-21-28-27-20(33-21)19(30)26-15-4-2-14(3-5-15)25-6-1-7-29-8-10-31-11-9-29/h2-5,12-13,25H,1,6-11H2,(H,26,30). The van der Waals surface area contributed by atoms with Crippen molar-refractivity contribution in [3.63, 3.8) is 0 Å². The topological polar surface area (TPSA) is 92.3 Å². The summed E-state index contributed by atoms with van der Waals surface area (Å²) in [4.78, 5) is 19.5. The second-order valence-corrected chi connectivity index (χ2v) is 10.2. The Morgan fingerprint density at radius 1 is 1.09 bits per heavy atom. The van der Waals surface area contributed by atoms with E-state index in [1.165, 1.54) is 35.5 Å². The summed E-state index contributed by atoms with van der Waals surface area (Å²) in [6.07, 6.45) is 4.08. The van der Waals surface area contributed by atoms with Gasteiger partial charge in [0.15, 0.2) is 4.34 Å². The van der Waals surface area contributed by atoms with Crippen molar-refractivity contribution >= 4 is 63.6 Å². The molecule has 0 unspecified atom stereocenters. The fourth-order valence-corrected chi connectivity index (χ4v) is 5.42. The fraction of sp³-hybridized carbons (Fsp3) is 0.333. The molecule has 1 fully saturated rings. The summed E-state index contributed by atoms with van der Waals surface area (Å²) in [5, 5.41) is 15.4. The van der Waals surface area contributed by atoms with Crippen molar-refractivity contribution in [2.24, 2.45) is 0 Å². The van der Waals surface area contributed by atoms with Gasteiger partial charge in [-0.2, -0.15) is 0 Å². The molecule has 1 saturated heterocycles. The average molecular weight is 525 g/mol. The third-order valence-corrected chi connectivity index (χ3v) is 7.74. The van der Waals surface area contributed by atoms with E-state index < -0.39 is 0 Å². The number of ether oxygens (including phenoxy) is 1. The van der Waals surface area contributed by atoms with Gasteiger partial charge >= 0.3 is 0 Å². The van der Waals surface area contributed by atoms with Crippen LogP contribution in [0.2, 0.25) is 10.0 Å². The van der Waals surface area contributed by atoms with Gasteiger partial charge < -0.3 is 15.4 Å². The number of hydrogen-bond donors (Lipinski definition) is 2. The molecule has 4 rings (SSSR count). The van der Waals surface area contributed by atoms with Crippen molar-refractivity contribution in [2.45, 2.75) is 15.7 Å². The predicted octanol–water partition coefficient (Wildman–Crippen LogP) is 4.78. The van der Waals surface area contributed by atoms with Gasteiger partial charge in [-0.15, -0.1) is 10.2 Å². The molecule has 1 aliphatic rings. The van der Waals surface area contributed by atoms with Gasteiger partial charge in [-0.1, -0.05) is 46.3 Å². The number of morpholine rings is 1. The lowest BCUT2D eigenvalue weighted by atomic mass is 10.2. The van der Waals surface area contributed by atoms with E-state index in [4.69, 9.17) is 27.9 Å². The Labute approximate surface area is 210 Å². The lowest BCUT2D eigenvalue weighted by molar-refractivity contribution is 0.0378. The maximum atomic E-state index is 12.6. The number of rotatable bonds is 9. The lowest BCUT2D eigenvalue weighted by Crippen LogP contribution is -2.37. The lowest BCUT2D eigenvalue weighted by Gasteiger charge is -2.26. The van der Waals surface area contributed by atoms with E-state index in [9.17, 15) is 4.79 Å². The first kappa shape index (κ1) is 24.2. The zero-order valence-corrected chi connectivity index (χ0v) is 20.7. The molecule has 1 aromatic carbocycles. The van der Waals surface area contributed by atoms with Crippen LogP contribution in [0.4, 0.5) is 11.4 Å². The normalized spacial score (nSPS) is 14.2. The molecule has 33 heavy (non-hydrogen) atoms. The molecule has 174 valence electrons. The van der Waals surface area contributed by atoms with Crippen LogP contribution in [0.5, 0.6) is 0 Å². The van der Waals surface area contributed by atoms with Gasteiger partial charge in [0.1, 0.15) is 0 Å². The minimum absolute atomic E-state index is 0.254. The first-order chi connectivity index (χ1) is 16.1. The minimum Gasteiger partial charge on any atom is -0.385 e. The predicted molar refractivity (Wildman–Crippen MR) is 133 cm³/mol. The zero-order valence-electron chi connectivity index (χ0n) is 17.6. The summed E-state index contributed by atoms with van der Waals surface area (Å²) in [5.74, 6) is -0.322. The van der Waals surface area contributed by atoms with E-state index >= 15 is 0 Å². The van der Waals surface area contributed by atoms with Crippen molar-refractivity contribution in [1.29, 1.82) is 0 Å². The van der Waals surface area contributed by atoms with Gasteiger partial charge in [-0.05, 0) is 37.2 Å². The largest absolute Gasteiger partial charge is 0.385 e. The number of aromatic nitrogens is 3. The maximum absolute atomic E-state index is 12.6. The van der Waals surface area contributed by atoms with Gasteiger partial charge in [-0.3, -0.25) is 14.7 Å². The summed E-state index contributed by atoms with van der Waals surface area (Å²) < 4.78 is 5.93. The van der Waals surface area contributed by atoms with Crippen LogP contribution in [0.15, 0.2) is 45.9 Å². The Kier molecular flexibility index (Phi) is 8.76. The number of amides is 1. The summed E-state index contributed by atoms with van der Waals surface area (Å²) in [5.41, 5.74) is 1.69. The summed E-state index contributed by atoms with van der Waals surface area (Å²) >= 11 is 14.7. The van der Waals surface area contributed by atoms with Crippen molar-refractivity contribution in [3.8, 4) is 0 Å². The number of hydrogen-bond acceptors (Lipinski definition) is 9. The molecule has 3 aromatic rings. The third kappa shape index (κ3) is 7.02. The van der Waals surface area contributed by atoms with E-state index in [2.05, 4.69) is 30.7 Å². The minimum atomic E-state index is -0.322. The van der Waals surface area contributed by atoms with E-state index in [0.29, 0.717) is 25.0 Å². The highest BCUT2D eigenvalue weighted by atomic mass is 35.5. The van der Waals surface area contributed by atoms with Gasteiger partial charge in [0.05, 0.1) is 28.2 Å². The van der Waals surface area contributed by atoms with E-state index in [1.807, 2.05) is 24.3 Å². The van der Waals surface area contributed by atoms with Crippen LogP contribution in [0.1, 0.15) is 16.2 Å². The molecule has 1 amide bonds. The van der Waals surface area contributed by atoms with Crippen LogP contribution < -0.4 is 10.6 Å². The molecule has 0 aliphatic carbocycles. The van der Waals surface area contributed by atoms with Gasteiger partial charge in [-0.25, -0.2) is 0 Å². The van der Waals surface area contributed by atoms with Gasteiger partial charge in [0, 0.05) is 43.4 Å². The van der Waals surface area contributed by atoms with Crippen LogP contribution in [0.3, 0.4) is 0 Å². The van der Waals surface area contributed by atoms with Crippen LogP contribution in [-0.2, 0) is 4.74 Å². The summed E-state index contributed by atoms with van der Waals surface area (Å²) in [7, 11) is 0. The van der Waals surface area contributed by atoms with E-state index in [1.54, 1.807) is 0 Å². The van der Waals surface area contributed by atoms with Gasteiger partial charge in [0.25, 0.3) is 5.91 Å². The van der Waals surface area contributed by atoms with Crippen LogP contribution in [0, 0.1) is 0 Å². The first-order valence-electron chi connectivity index (χ1n) is 10.3. The molecule has 0 atom stereocenters. The smallest absolute Gasteiger partial charge is 0.286 e. The Morgan fingerprint density at radius 2 is 1.79 bits per heavy atom. The third-order valence-electron chi connectivity index (χ3n) is 4.83. The summed E-state index contributed by atoms with van der Waals surface area (Å²) in [6, 6.07) is 7.60. The van der Waals surface area contributed by atoms with Crippen molar-refractivity contribution in [2.75, 3.05) is 50.0 Å². The number of halogens is 2. The molecule has 1 aliphatic heterocycles. The van der Waals surface area contributed by atoms with E-state index in [0.717, 1.165) is 51.5 Å². The highest BCUT2D eigenvalue weighted by Crippen LogP contribution is 2.38. The van der Waals surface area contributed by atoms with E-state index in [-0.39, 0.29) is 10.9 Å². The Hall–Kier alpha value is -1.95. The molecule has 2 aromatic heterocycles. The van der Waals surface area contributed by atoms with Crippen molar-refractivity contribution in [3.05, 3.63) is 51.7 Å². The Balaban J connectivity index is 1.25. The quantitative estimate of drug-likeness (QED) is 0.386. The van der Waals surface area contributed by atoms with Crippen LogP contribution in [0.25, 0.3) is 0 Å². The molecule has 0 spiro atoms. The zero-order chi connectivity index (χ0) is 23.0. The Morgan fingerprint density at radius 3 is 2.52 bits per heavy atom. The molecule has 3 heterocycles. The molecule has 0 radical (unpaired) electrons. The molecule has 0 bridgehead atoms. The molecule has 12 heteroatoms. The number of nitrogens with one attached hydrogen (secondary N) is 2. The van der Waals surface area contributed by atoms with Crippen LogP contribution >= 0.6 is 46.3 Å². The highest BCUT2D eigenvalue weighted by molar-refractivity contribution is 8.01. The van der Waals surface area contributed by atoms with Crippen molar-refractivity contribution < 1.29 is 9.53 Å². The second-order valence-electron chi connectivity index (χ2n) is 7.17. The average Bonchev–Trinajstić information content (AvgIpc) is 3.30. The first-order valence-corrected chi connectivity index (χ1v) is 12.7. The molecular formula is C21H22Cl2N6O2S2. The molecular weight excluding hydrogens is 503 g/mol. The number of nitrogens with zero attached hydrogens (tertiary/aromatic N) is 4. The number of anilines is 2. The number of carbonyl (C=O) groups is 1.